The molecule has 0 bridgehead atoms. The maximum Gasteiger partial charge on any atom is 0.143 e. The number of hydrogen-bond donors (Lipinski definition) is 0. The van der Waals surface area contributed by atoms with Gasteiger partial charge in [-0.25, -0.2) is 4.98 Å². The third kappa shape index (κ3) is 2.12. The second-order valence-electron chi connectivity index (χ2n) is 7.98. The van der Waals surface area contributed by atoms with Crippen LogP contribution in [-0.4, -0.2) is 9.55 Å². The Morgan fingerprint density at radius 3 is 2.63 bits per heavy atom. The molecule has 4 aromatic carbocycles. The molecule has 0 saturated carbocycles. The fourth-order valence-corrected chi connectivity index (χ4v) is 4.89. The maximum absolute atomic E-state index is 6.28. The highest BCUT2D eigenvalue weighted by atomic mass is 16.3. The number of hydrogen-bond acceptors (Lipinski definition) is 2. The van der Waals surface area contributed by atoms with Crippen LogP contribution in [0.4, 0.5) is 0 Å². The lowest BCUT2D eigenvalue weighted by Gasteiger charge is -2.19. The Morgan fingerprint density at radius 2 is 1.63 bits per heavy atom. The van der Waals surface area contributed by atoms with Gasteiger partial charge < -0.3 is 4.42 Å². The van der Waals surface area contributed by atoms with Gasteiger partial charge in [-0.05, 0) is 41.8 Å². The number of rotatable bonds is 1. The third-order valence-corrected chi connectivity index (χ3v) is 6.29. The van der Waals surface area contributed by atoms with Crippen LogP contribution in [0.2, 0.25) is 0 Å². The van der Waals surface area contributed by atoms with Crippen molar-refractivity contribution in [1.82, 2.24) is 9.55 Å². The minimum absolute atomic E-state index is 0.927. The van der Waals surface area contributed by atoms with Crippen molar-refractivity contribution in [3.8, 4) is 16.8 Å². The van der Waals surface area contributed by atoms with Crippen molar-refractivity contribution < 1.29 is 4.42 Å². The molecular weight excluding hydrogens is 368 g/mol. The molecule has 3 nitrogen and oxygen atoms in total. The van der Waals surface area contributed by atoms with Gasteiger partial charge in [0.25, 0.3) is 0 Å². The van der Waals surface area contributed by atoms with E-state index < -0.39 is 0 Å². The summed E-state index contributed by atoms with van der Waals surface area (Å²) < 4.78 is 8.61. The summed E-state index contributed by atoms with van der Waals surface area (Å²) >= 11 is 0. The zero-order valence-corrected chi connectivity index (χ0v) is 16.3. The van der Waals surface area contributed by atoms with Gasteiger partial charge in [-0.2, -0.15) is 0 Å². The average Bonchev–Trinajstić information content (AvgIpc) is 3.37. The quantitative estimate of drug-likeness (QED) is 0.315. The van der Waals surface area contributed by atoms with Gasteiger partial charge in [0.15, 0.2) is 0 Å². The van der Waals surface area contributed by atoms with E-state index in [2.05, 4.69) is 77.4 Å². The molecule has 0 atom stereocenters. The van der Waals surface area contributed by atoms with E-state index in [4.69, 9.17) is 9.40 Å². The van der Waals surface area contributed by atoms with Crippen LogP contribution in [0.3, 0.4) is 0 Å². The normalized spacial score (nSPS) is 13.1. The van der Waals surface area contributed by atoms with E-state index >= 15 is 0 Å². The maximum atomic E-state index is 6.28. The van der Waals surface area contributed by atoms with Crippen molar-refractivity contribution in [3.63, 3.8) is 0 Å². The van der Waals surface area contributed by atoms with Crippen LogP contribution in [0, 0.1) is 0 Å². The number of furan rings is 1. The molecule has 1 aliphatic heterocycles. The minimum atomic E-state index is 0.927. The highest BCUT2D eigenvalue weighted by molar-refractivity contribution is 6.09. The number of imidazole rings is 1. The van der Waals surface area contributed by atoms with E-state index in [0.29, 0.717) is 0 Å². The summed E-state index contributed by atoms with van der Waals surface area (Å²) in [6.45, 7) is 0. The van der Waals surface area contributed by atoms with Crippen LogP contribution in [0.25, 0.3) is 49.8 Å². The molecule has 142 valence electrons. The zero-order chi connectivity index (χ0) is 19.7. The summed E-state index contributed by atoms with van der Waals surface area (Å²) in [6, 6.07) is 29.9. The van der Waals surface area contributed by atoms with Crippen molar-refractivity contribution in [1.29, 1.82) is 0 Å². The van der Waals surface area contributed by atoms with Gasteiger partial charge in [0.1, 0.15) is 17.0 Å². The van der Waals surface area contributed by atoms with Gasteiger partial charge in [0.2, 0.25) is 0 Å². The Bertz CT molecular complexity index is 1600. The lowest BCUT2D eigenvalue weighted by molar-refractivity contribution is 0.670. The molecule has 1 aliphatic rings. The Morgan fingerprint density at radius 1 is 0.767 bits per heavy atom. The summed E-state index contributed by atoms with van der Waals surface area (Å²) in [7, 11) is 0. The molecule has 3 heteroatoms. The van der Waals surface area contributed by atoms with Crippen molar-refractivity contribution in [2.45, 2.75) is 12.8 Å². The highest BCUT2D eigenvalue weighted by Gasteiger charge is 2.20. The summed E-state index contributed by atoms with van der Waals surface area (Å²) in [6.07, 6.45) is 2.02. The number of para-hydroxylation sites is 3. The topological polar surface area (TPSA) is 31.0 Å². The summed E-state index contributed by atoms with van der Waals surface area (Å²) in [5.74, 6) is 1.14. The number of benzene rings is 4. The molecule has 0 N–H and O–H groups in total. The molecule has 2 aromatic heterocycles. The first-order chi connectivity index (χ1) is 14.9. The molecule has 0 unspecified atom stereocenters. The first-order valence-corrected chi connectivity index (χ1v) is 10.4. The molecule has 0 amide bonds. The Kier molecular flexibility index (Phi) is 3.11. The van der Waals surface area contributed by atoms with Crippen molar-refractivity contribution in [2.75, 3.05) is 0 Å². The van der Waals surface area contributed by atoms with Crippen molar-refractivity contribution >= 4 is 33.0 Å². The molecule has 3 heterocycles. The molecular formula is C27H18N2O. The van der Waals surface area contributed by atoms with Gasteiger partial charge in [0.05, 0.1) is 16.7 Å². The molecule has 0 saturated heterocycles. The van der Waals surface area contributed by atoms with Gasteiger partial charge in [-0.3, -0.25) is 4.57 Å². The van der Waals surface area contributed by atoms with Gasteiger partial charge >= 0.3 is 0 Å². The Hall–Kier alpha value is -3.85. The van der Waals surface area contributed by atoms with Crippen LogP contribution in [0.5, 0.6) is 0 Å². The number of aromatic nitrogens is 2. The zero-order valence-electron chi connectivity index (χ0n) is 16.3. The highest BCUT2D eigenvalue weighted by Crippen LogP contribution is 2.37. The molecule has 7 rings (SSSR count). The van der Waals surface area contributed by atoms with E-state index in [-0.39, 0.29) is 0 Å². The minimum Gasteiger partial charge on any atom is -0.455 e. The van der Waals surface area contributed by atoms with E-state index in [0.717, 1.165) is 62.8 Å². The van der Waals surface area contributed by atoms with Crippen molar-refractivity contribution in [3.05, 3.63) is 96.3 Å². The summed E-state index contributed by atoms with van der Waals surface area (Å²) in [4.78, 5) is 4.92. The molecule has 0 fully saturated rings. The fourth-order valence-electron chi connectivity index (χ4n) is 4.89. The second-order valence-corrected chi connectivity index (χ2v) is 7.98. The smallest absolute Gasteiger partial charge is 0.143 e. The summed E-state index contributed by atoms with van der Waals surface area (Å²) in [5.41, 5.74) is 8.97. The Labute approximate surface area is 173 Å². The van der Waals surface area contributed by atoms with Crippen LogP contribution in [0.1, 0.15) is 11.4 Å². The SMILES string of the molecule is c1ccc2c(c1)CCc1nc3ccc(-c4cccc5c4oc4ccccc45)cc3n1-2. The number of nitrogens with zero attached hydrogens (tertiary/aromatic N) is 2. The average molecular weight is 386 g/mol. The second kappa shape index (κ2) is 5.83. The predicted molar refractivity (Wildman–Crippen MR) is 121 cm³/mol. The van der Waals surface area contributed by atoms with E-state index in [1.807, 2.05) is 12.1 Å². The van der Waals surface area contributed by atoms with E-state index in [1.54, 1.807) is 0 Å². The van der Waals surface area contributed by atoms with E-state index in [1.165, 1.54) is 11.3 Å². The number of aryl methyl sites for hydroxylation is 2. The monoisotopic (exact) mass is 386 g/mol. The molecule has 30 heavy (non-hydrogen) atoms. The molecule has 0 aliphatic carbocycles. The van der Waals surface area contributed by atoms with Crippen LogP contribution in [0.15, 0.2) is 89.3 Å². The number of fused-ring (bicyclic) bond motifs is 8. The van der Waals surface area contributed by atoms with Crippen LogP contribution in [-0.2, 0) is 12.8 Å². The third-order valence-electron chi connectivity index (χ3n) is 6.29. The van der Waals surface area contributed by atoms with E-state index in [9.17, 15) is 0 Å². The van der Waals surface area contributed by atoms with Gasteiger partial charge in [0, 0.05) is 22.8 Å². The van der Waals surface area contributed by atoms with Gasteiger partial charge in [-0.15, -0.1) is 0 Å². The Balaban J connectivity index is 1.51. The molecule has 6 aromatic rings. The van der Waals surface area contributed by atoms with Crippen LogP contribution < -0.4 is 0 Å². The lowest BCUT2D eigenvalue weighted by Crippen LogP contribution is -2.11. The van der Waals surface area contributed by atoms with Crippen LogP contribution >= 0.6 is 0 Å². The standard InChI is InChI=1S/C27H18N2O/c1-3-10-23-17(6-1)13-15-26-28-22-14-12-18(16-24(22)29(23)26)19-8-5-9-21-20-7-2-4-11-25(20)30-27(19)21/h1-12,14,16H,13,15H2. The fraction of sp³-hybridized carbons (Fsp3) is 0.0741. The molecule has 0 radical (unpaired) electrons. The lowest BCUT2D eigenvalue weighted by atomic mass is 10.0. The van der Waals surface area contributed by atoms with Gasteiger partial charge in [-0.1, -0.05) is 60.7 Å². The first-order valence-electron chi connectivity index (χ1n) is 10.4. The first kappa shape index (κ1) is 16.0. The molecule has 0 spiro atoms. The van der Waals surface area contributed by atoms with Crippen molar-refractivity contribution in [2.24, 2.45) is 0 Å². The largest absolute Gasteiger partial charge is 0.455 e. The summed E-state index contributed by atoms with van der Waals surface area (Å²) in [5, 5.41) is 2.31. The predicted octanol–water partition coefficient (Wildman–Crippen LogP) is 6.69.